The molecule has 11 heteroatoms. The molecule has 2 aliphatic rings. The summed E-state index contributed by atoms with van der Waals surface area (Å²) in [6.07, 6.45) is 4.48. The maximum Gasteiger partial charge on any atom is 0.282 e. The number of carbonyl (C=O) groups is 2. The lowest BCUT2D eigenvalue weighted by Crippen LogP contribution is -2.31. The molecule has 3 atom stereocenters. The van der Waals surface area contributed by atoms with Crippen LogP contribution in [0.25, 0.3) is 28.0 Å². The zero-order valence-electron chi connectivity index (χ0n) is 25.2. The van der Waals surface area contributed by atoms with Gasteiger partial charge in [-0.05, 0) is 63.0 Å². The Labute approximate surface area is 265 Å². The van der Waals surface area contributed by atoms with E-state index in [4.69, 9.17) is 10.1 Å². The Hall–Kier alpha value is -4.74. The summed E-state index contributed by atoms with van der Waals surface area (Å²) in [6.45, 7) is 2.09. The number of rotatable bonds is 9. The Morgan fingerprint density at radius 1 is 1.00 bits per heavy atom. The van der Waals surface area contributed by atoms with E-state index in [1.807, 2.05) is 72.2 Å². The van der Waals surface area contributed by atoms with Gasteiger partial charge >= 0.3 is 0 Å². The second-order valence-electron chi connectivity index (χ2n) is 11.8. The summed E-state index contributed by atoms with van der Waals surface area (Å²) in [5.74, 6) is 0.529. The molecule has 2 aromatic carbocycles. The predicted molar refractivity (Wildman–Crippen MR) is 180 cm³/mol. The quantitative estimate of drug-likeness (QED) is 0.147. The maximum absolute atomic E-state index is 13.3. The van der Waals surface area contributed by atoms with Gasteiger partial charge in [0, 0.05) is 60.1 Å². The molecule has 0 radical (unpaired) electrons. The Morgan fingerprint density at radius 3 is 2.60 bits per heavy atom. The second-order valence-corrected chi connectivity index (χ2v) is 13.3. The third-order valence-corrected chi connectivity index (χ3v) is 9.57. The molecular formula is C34H35N8O2S+. The van der Waals surface area contributed by atoms with Crippen molar-refractivity contribution in [3.8, 4) is 22.5 Å². The number of fused-ring (bicyclic) bond motifs is 1. The van der Waals surface area contributed by atoms with Crippen molar-refractivity contribution in [2.75, 3.05) is 44.4 Å². The lowest BCUT2D eigenvalue weighted by Gasteiger charge is -2.17. The van der Waals surface area contributed by atoms with E-state index >= 15 is 0 Å². The molecular weight excluding hydrogens is 584 g/mol. The number of pyridine rings is 1. The van der Waals surface area contributed by atoms with Gasteiger partial charge in [0.05, 0.1) is 23.3 Å². The third kappa shape index (κ3) is 6.27. The summed E-state index contributed by atoms with van der Waals surface area (Å²) < 4.78 is 1.88. The summed E-state index contributed by atoms with van der Waals surface area (Å²) in [5.41, 5.74) is 5.87. The third-order valence-electron chi connectivity index (χ3n) is 8.15. The first kappa shape index (κ1) is 29.0. The molecule has 10 nitrogen and oxygen atoms in total. The first-order valence-corrected chi connectivity index (χ1v) is 16.1. The van der Waals surface area contributed by atoms with Gasteiger partial charge in [-0.1, -0.05) is 36.4 Å². The number of hydrogen-bond acceptors (Lipinski definition) is 7. The zero-order chi connectivity index (χ0) is 30.9. The first-order chi connectivity index (χ1) is 21.9. The molecule has 228 valence electrons. The predicted octanol–water partition coefficient (Wildman–Crippen LogP) is 3.85. The molecule has 5 heterocycles. The molecule has 2 N–H and O–H groups in total. The number of nitrogens with zero attached hydrogens (tertiary/aromatic N) is 6. The lowest BCUT2D eigenvalue weighted by atomic mass is 10.0. The molecule has 0 bridgehead atoms. The monoisotopic (exact) mass is 619 g/mol. The van der Waals surface area contributed by atoms with Crippen LogP contribution in [0.5, 0.6) is 0 Å². The minimum Gasteiger partial charge on any atom is -0.350 e. The van der Waals surface area contributed by atoms with Crippen molar-refractivity contribution >= 4 is 40.7 Å². The first-order valence-electron chi connectivity index (χ1n) is 15.1. The molecule has 2 aliphatic heterocycles. The van der Waals surface area contributed by atoms with Crippen LogP contribution in [-0.4, -0.2) is 91.5 Å². The van der Waals surface area contributed by atoms with E-state index in [0.717, 1.165) is 41.0 Å². The Balaban J connectivity index is 1.00. The van der Waals surface area contributed by atoms with E-state index in [2.05, 4.69) is 32.7 Å². The molecule has 2 fully saturated rings. The number of benzene rings is 2. The van der Waals surface area contributed by atoms with E-state index in [9.17, 15) is 9.59 Å². The number of nitrogens with one attached hydrogen (secondary N) is 2. The van der Waals surface area contributed by atoms with Gasteiger partial charge in [0.15, 0.2) is 5.25 Å². The Morgan fingerprint density at radius 2 is 1.80 bits per heavy atom. The van der Waals surface area contributed by atoms with Gasteiger partial charge in [0.1, 0.15) is 5.69 Å². The number of aromatic nitrogens is 4. The molecule has 2 saturated heterocycles. The van der Waals surface area contributed by atoms with Crippen molar-refractivity contribution in [1.82, 2.24) is 29.4 Å². The molecule has 0 spiro atoms. The molecule has 0 saturated carbocycles. The molecule has 0 unspecified atom stereocenters. The van der Waals surface area contributed by atoms with Gasteiger partial charge in [-0.15, -0.1) is 0 Å². The molecule has 45 heavy (non-hydrogen) atoms. The van der Waals surface area contributed by atoms with Crippen molar-refractivity contribution in [3.63, 3.8) is 0 Å². The number of carbonyl (C=O) groups excluding carboxylic acids is 2. The Kier molecular flexibility index (Phi) is 7.95. The van der Waals surface area contributed by atoms with E-state index in [-0.39, 0.29) is 23.1 Å². The topological polar surface area (TPSA) is 108 Å². The lowest BCUT2D eigenvalue weighted by molar-refractivity contribution is -0.115. The normalized spacial score (nSPS) is 19.2. The van der Waals surface area contributed by atoms with Crippen molar-refractivity contribution in [1.29, 1.82) is 0 Å². The fourth-order valence-corrected chi connectivity index (χ4v) is 7.04. The van der Waals surface area contributed by atoms with Gasteiger partial charge in [-0.25, -0.2) is 14.5 Å². The largest absolute Gasteiger partial charge is 0.350 e. The number of anilines is 2. The SMILES string of the molecule is CN(C)C[C@@H]1[SH+][C@H]1C(=O)Nc1ccc(C(=O)N2CC[C@H](Nc3nccc(-c4c(-c5ccccc5)nn5ccccc45)n3)C2)cc1. The fourth-order valence-electron chi connectivity index (χ4n) is 5.88. The fraction of sp³-hybridized carbons (Fsp3) is 0.265. The highest BCUT2D eigenvalue weighted by Gasteiger charge is 2.55. The standard InChI is InChI=1S/C34H34N8O2S/c1-40(2)21-28-31(45-28)32(43)36-24-13-11-23(12-14-24)33(44)41-19-16-25(20-41)37-34-35-17-15-26(38-34)29-27-10-6-7-18-42(27)39-30(29)22-8-4-3-5-9-22/h3-15,17-18,25,28,31H,16,19-21H2,1-2H3,(H,36,43)(H,35,37,38)/p+1/t25-,28-,31+/m0/s1. The Bertz CT molecular complexity index is 1840. The number of likely N-dealkylation sites (tertiary alicyclic amines) is 1. The van der Waals surface area contributed by atoms with Gasteiger partial charge in [0.2, 0.25) is 11.2 Å². The smallest absolute Gasteiger partial charge is 0.282 e. The average molecular weight is 620 g/mol. The maximum atomic E-state index is 13.3. The highest BCUT2D eigenvalue weighted by atomic mass is 32.2. The van der Waals surface area contributed by atoms with Crippen LogP contribution < -0.4 is 10.6 Å². The molecule has 0 aliphatic carbocycles. The van der Waals surface area contributed by atoms with Crippen LogP contribution in [0.2, 0.25) is 0 Å². The minimum absolute atomic E-state index is 0.0214. The van der Waals surface area contributed by atoms with Crippen LogP contribution in [0, 0.1) is 0 Å². The summed E-state index contributed by atoms with van der Waals surface area (Å²) in [5, 5.41) is 11.7. The van der Waals surface area contributed by atoms with Gasteiger partial charge < -0.3 is 20.4 Å². The van der Waals surface area contributed by atoms with Crippen LogP contribution >= 0.6 is 0 Å². The molecule has 3 aromatic heterocycles. The van der Waals surface area contributed by atoms with Crippen molar-refractivity contribution < 1.29 is 9.59 Å². The molecule has 2 amide bonds. The van der Waals surface area contributed by atoms with Crippen LogP contribution in [-0.2, 0) is 16.6 Å². The van der Waals surface area contributed by atoms with E-state index in [0.29, 0.717) is 35.5 Å². The number of hydrogen-bond donors (Lipinski definition) is 2. The molecule has 5 aromatic rings. The van der Waals surface area contributed by atoms with Gasteiger partial charge in [0.25, 0.3) is 11.8 Å². The minimum atomic E-state index is -0.0301. The second kappa shape index (κ2) is 12.3. The highest BCUT2D eigenvalue weighted by molar-refractivity contribution is 7.88. The van der Waals surface area contributed by atoms with Gasteiger partial charge in [-0.2, -0.15) is 5.10 Å². The van der Waals surface area contributed by atoms with E-state index in [1.54, 1.807) is 30.5 Å². The van der Waals surface area contributed by atoms with Crippen molar-refractivity contribution in [2.24, 2.45) is 0 Å². The highest BCUT2D eigenvalue weighted by Crippen LogP contribution is 2.34. The average Bonchev–Trinajstić information content (AvgIpc) is 3.47. The number of thiol groups is 1. The van der Waals surface area contributed by atoms with Crippen LogP contribution in [0.1, 0.15) is 16.8 Å². The van der Waals surface area contributed by atoms with Crippen LogP contribution in [0.15, 0.2) is 91.3 Å². The van der Waals surface area contributed by atoms with E-state index in [1.165, 1.54) is 11.8 Å². The summed E-state index contributed by atoms with van der Waals surface area (Å²) >= 11 is 1.18. The summed E-state index contributed by atoms with van der Waals surface area (Å²) in [6, 6.07) is 25.2. The van der Waals surface area contributed by atoms with Crippen molar-refractivity contribution in [2.45, 2.75) is 23.0 Å². The van der Waals surface area contributed by atoms with E-state index < -0.39 is 0 Å². The zero-order valence-corrected chi connectivity index (χ0v) is 26.1. The van der Waals surface area contributed by atoms with Gasteiger partial charge in [-0.3, -0.25) is 9.59 Å². The number of amides is 2. The van der Waals surface area contributed by atoms with Crippen LogP contribution in [0.4, 0.5) is 11.6 Å². The van der Waals surface area contributed by atoms with Crippen molar-refractivity contribution in [3.05, 3.63) is 96.8 Å². The molecule has 7 rings (SSSR count). The summed E-state index contributed by atoms with van der Waals surface area (Å²) in [7, 11) is 4.04. The summed E-state index contributed by atoms with van der Waals surface area (Å²) in [4.78, 5) is 39.2. The van der Waals surface area contributed by atoms with Crippen LogP contribution in [0.3, 0.4) is 0 Å².